The van der Waals surface area contributed by atoms with Gasteiger partial charge in [-0.25, -0.2) is 8.42 Å². The molecular weight excluding hydrogens is 320 g/mol. The molecule has 2 aliphatic heterocycles. The van der Waals surface area contributed by atoms with Crippen LogP contribution in [0.25, 0.3) is 0 Å². The van der Waals surface area contributed by atoms with E-state index in [1.807, 2.05) is 0 Å². The van der Waals surface area contributed by atoms with Gasteiger partial charge in [-0.2, -0.15) is 4.31 Å². The highest BCUT2D eigenvalue weighted by Gasteiger charge is 2.39. The maximum Gasteiger partial charge on any atom is 0.244 e. The van der Waals surface area contributed by atoms with Crippen molar-refractivity contribution in [1.82, 2.24) is 4.31 Å². The molecule has 2 atom stereocenters. The number of hydrogen-bond acceptors (Lipinski definition) is 5. The van der Waals surface area contributed by atoms with E-state index in [4.69, 9.17) is 11.6 Å². The van der Waals surface area contributed by atoms with E-state index >= 15 is 0 Å². The highest BCUT2D eigenvalue weighted by Crippen LogP contribution is 2.34. The molecule has 114 valence electrons. The molecular formula is C12H13ClN2O5S. The Morgan fingerprint density at radius 3 is 2.48 bits per heavy atom. The Hall–Kier alpha value is -1.19. The summed E-state index contributed by atoms with van der Waals surface area (Å²) in [4.78, 5) is 11.2. The minimum atomic E-state index is -3.93. The molecule has 2 heterocycles. The molecule has 3 rings (SSSR count). The minimum Gasteiger partial charge on any atom is -0.389 e. The summed E-state index contributed by atoms with van der Waals surface area (Å²) in [7, 11) is -3.93. The lowest BCUT2D eigenvalue weighted by molar-refractivity contribution is -0.115. The lowest BCUT2D eigenvalue weighted by atomic mass is 10.2. The number of amides is 1. The standard InChI is InChI=1S/C12H13ClN2O5S/c13-7-3-8-6(2-12(18)14-8)1-11(7)21(19,20)15-4-9(16)10(17)5-15/h1,3,9-10,16-17H,2,4-5H2,(H,14,18). The maximum atomic E-state index is 12.5. The van der Waals surface area contributed by atoms with Gasteiger partial charge in [0.25, 0.3) is 0 Å². The molecule has 1 fully saturated rings. The highest BCUT2D eigenvalue weighted by atomic mass is 35.5. The summed E-state index contributed by atoms with van der Waals surface area (Å²) in [6.45, 7) is -0.373. The highest BCUT2D eigenvalue weighted by molar-refractivity contribution is 7.89. The van der Waals surface area contributed by atoms with Crippen LogP contribution in [-0.4, -0.2) is 54.1 Å². The third-order valence-electron chi connectivity index (χ3n) is 3.63. The minimum absolute atomic E-state index is 0.00757. The molecule has 0 spiro atoms. The van der Waals surface area contributed by atoms with Crippen LogP contribution in [0.1, 0.15) is 5.56 Å². The largest absolute Gasteiger partial charge is 0.389 e. The number of carbonyl (C=O) groups is 1. The topological polar surface area (TPSA) is 107 Å². The Bertz CT molecular complexity index is 711. The first kappa shape index (κ1) is 14.7. The zero-order chi connectivity index (χ0) is 15.4. The molecule has 9 heteroatoms. The van der Waals surface area contributed by atoms with Crippen molar-refractivity contribution in [2.75, 3.05) is 18.4 Å². The Labute approximate surface area is 126 Å². The van der Waals surface area contributed by atoms with Crippen molar-refractivity contribution in [1.29, 1.82) is 0 Å². The van der Waals surface area contributed by atoms with Crippen LogP contribution in [0.3, 0.4) is 0 Å². The van der Waals surface area contributed by atoms with E-state index in [0.717, 1.165) is 4.31 Å². The zero-order valence-electron chi connectivity index (χ0n) is 10.8. The van der Waals surface area contributed by atoms with Crippen LogP contribution >= 0.6 is 11.6 Å². The summed E-state index contributed by atoms with van der Waals surface area (Å²) in [5, 5.41) is 21.6. The number of hydrogen-bond donors (Lipinski definition) is 3. The lowest BCUT2D eigenvalue weighted by Crippen LogP contribution is -2.30. The molecule has 3 N–H and O–H groups in total. The first-order chi connectivity index (χ1) is 9.79. The average Bonchev–Trinajstić information content (AvgIpc) is 2.91. The lowest BCUT2D eigenvalue weighted by Gasteiger charge is -2.17. The number of halogens is 1. The number of aliphatic hydroxyl groups is 2. The smallest absolute Gasteiger partial charge is 0.244 e. The van der Waals surface area contributed by atoms with Crippen molar-refractivity contribution in [2.24, 2.45) is 0 Å². The van der Waals surface area contributed by atoms with E-state index in [0.29, 0.717) is 11.3 Å². The molecule has 0 saturated carbocycles. The van der Waals surface area contributed by atoms with Crippen molar-refractivity contribution in [3.8, 4) is 0 Å². The second kappa shape index (κ2) is 4.92. The predicted octanol–water partition coefficient (Wildman–Crippen LogP) is -0.439. The normalized spacial score (nSPS) is 26.0. The van der Waals surface area contributed by atoms with Gasteiger partial charge in [0.15, 0.2) is 0 Å². The number of fused-ring (bicyclic) bond motifs is 1. The molecule has 0 aromatic heterocycles. The summed E-state index contributed by atoms with van der Waals surface area (Å²) in [6, 6.07) is 2.76. The fourth-order valence-corrected chi connectivity index (χ4v) is 4.52. The van der Waals surface area contributed by atoms with Crippen LogP contribution in [-0.2, 0) is 21.2 Å². The SMILES string of the molecule is O=C1Cc2cc(S(=O)(=O)N3CC(O)C(O)C3)c(Cl)cc2N1. The fraction of sp³-hybridized carbons (Fsp3) is 0.417. The van der Waals surface area contributed by atoms with Crippen molar-refractivity contribution < 1.29 is 23.4 Å². The summed E-state index contributed by atoms with van der Waals surface area (Å²) in [5.41, 5.74) is 1.06. The summed E-state index contributed by atoms with van der Waals surface area (Å²) in [5.74, 6) is -0.220. The molecule has 1 aromatic carbocycles. The zero-order valence-corrected chi connectivity index (χ0v) is 12.4. The van der Waals surface area contributed by atoms with Gasteiger partial charge in [-0.1, -0.05) is 11.6 Å². The molecule has 21 heavy (non-hydrogen) atoms. The van der Waals surface area contributed by atoms with E-state index in [2.05, 4.69) is 5.32 Å². The van der Waals surface area contributed by atoms with Gasteiger partial charge in [0.05, 0.1) is 23.7 Å². The number of nitrogens with one attached hydrogen (secondary N) is 1. The molecule has 1 saturated heterocycles. The first-order valence-corrected chi connectivity index (χ1v) is 8.09. The van der Waals surface area contributed by atoms with Crippen molar-refractivity contribution in [2.45, 2.75) is 23.5 Å². The second-order valence-electron chi connectivity index (χ2n) is 5.12. The third kappa shape index (κ3) is 2.43. The average molecular weight is 333 g/mol. The molecule has 2 aliphatic rings. The van der Waals surface area contributed by atoms with Gasteiger partial charge in [-0.05, 0) is 17.7 Å². The van der Waals surface area contributed by atoms with Crippen LogP contribution in [0.2, 0.25) is 5.02 Å². The molecule has 7 nitrogen and oxygen atoms in total. The van der Waals surface area contributed by atoms with Gasteiger partial charge in [0.1, 0.15) is 4.90 Å². The molecule has 2 unspecified atom stereocenters. The Balaban J connectivity index is 2.01. The van der Waals surface area contributed by atoms with Crippen molar-refractivity contribution in [3.05, 3.63) is 22.7 Å². The Morgan fingerprint density at radius 2 is 1.86 bits per heavy atom. The van der Waals surface area contributed by atoms with Crippen LogP contribution in [0.15, 0.2) is 17.0 Å². The van der Waals surface area contributed by atoms with E-state index in [-0.39, 0.29) is 35.3 Å². The molecule has 0 bridgehead atoms. The van der Waals surface area contributed by atoms with Crippen LogP contribution in [0, 0.1) is 0 Å². The van der Waals surface area contributed by atoms with E-state index in [1.165, 1.54) is 12.1 Å². The van der Waals surface area contributed by atoms with E-state index in [9.17, 15) is 23.4 Å². The van der Waals surface area contributed by atoms with Crippen molar-refractivity contribution >= 4 is 33.2 Å². The Morgan fingerprint density at radius 1 is 1.24 bits per heavy atom. The van der Waals surface area contributed by atoms with Crippen LogP contribution < -0.4 is 5.32 Å². The van der Waals surface area contributed by atoms with E-state index < -0.39 is 22.2 Å². The molecule has 0 radical (unpaired) electrons. The predicted molar refractivity (Wildman–Crippen MR) is 74.6 cm³/mol. The number of anilines is 1. The number of carbonyl (C=O) groups excluding carboxylic acids is 1. The quantitative estimate of drug-likeness (QED) is 0.680. The van der Waals surface area contributed by atoms with Gasteiger partial charge in [0, 0.05) is 18.8 Å². The van der Waals surface area contributed by atoms with Gasteiger partial charge < -0.3 is 15.5 Å². The van der Waals surface area contributed by atoms with Gasteiger partial charge in [-0.15, -0.1) is 0 Å². The molecule has 0 aliphatic carbocycles. The van der Waals surface area contributed by atoms with Crippen LogP contribution in [0.5, 0.6) is 0 Å². The number of aliphatic hydroxyl groups excluding tert-OH is 2. The summed E-state index contributed by atoms with van der Waals surface area (Å²) in [6.07, 6.45) is -2.13. The van der Waals surface area contributed by atoms with Gasteiger partial charge in [0.2, 0.25) is 15.9 Å². The number of benzene rings is 1. The van der Waals surface area contributed by atoms with Crippen molar-refractivity contribution in [3.63, 3.8) is 0 Å². The second-order valence-corrected chi connectivity index (χ2v) is 7.44. The van der Waals surface area contributed by atoms with Gasteiger partial charge in [-0.3, -0.25) is 4.79 Å². The Kier molecular flexibility index (Phi) is 3.45. The van der Waals surface area contributed by atoms with Crippen LogP contribution in [0.4, 0.5) is 5.69 Å². The van der Waals surface area contributed by atoms with E-state index in [1.54, 1.807) is 0 Å². The monoisotopic (exact) mass is 332 g/mol. The number of nitrogens with zero attached hydrogens (tertiary/aromatic N) is 1. The third-order valence-corrected chi connectivity index (χ3v) is 5.92. The maximum absolute atomic E-state index is 12.5. The number of sulfonamides is 1. The molecule has 1 aromatic rings. The molecule has 1 amide bonds. The fourth-order valence-electron chi connectivity index (χ4n) is 2.49. The first-order valence-electron chi connectivity index (χ1n) is 6.27. The number of rotatable bonds is 2. The summed E-state index contributed by atoms with van der Waals surface area (Å²) < 4.78 is 26.1. The van der Waals surface area contributed by atoms with Gasteiger partial charge >= 0.3 is 0 Å². The summed E-state index contributed by atoms with van der Waals surface area (Å²) >= 11 is 6.01. The number of β-amino-alcohol motifs (C(OH)–C–C–N with tert-alkyl or cyclic N) is 2.